The Morgan fingerprint density at radius 3 is 2.24 bits per heavy atom. The van der Waals surface area contributed by atoms with Crippen LogP contribution >= 0.6 is 0 Å². The van der Waals surface area contributed by atoms with Crippen molar-refractivity contribution in [3.8, 4) is 0 Å². The molecule has 0 spiro atoms. The van der Waals surface area contributed by atoms with Gasteiger partial charge in [-0.3, -0.25) is 4.79 Å². The molecule has 2 atom stereocenters. The number of aliphatic hydroxyl groups is 1. The predicted molar refractivity (Wildman–Crippen MR) is 91.5 cm³/mol. The van der Waals surface area contributed by atoms with Crippen molar-refractivity contribution in [2.24, 2.45) is 0 Å². The highest BCUT2D eigenvalue weighted by molar-refractivity contribution is 5.82. The first-order valence-electron chi connectivity index (χ1n) is 8.01. The number of hydrogen-bond donors (Lipinski definition) is 2. The van der Waals surface area contributed by atoms with Crippen molar-refractivity contribution in [3.63, 3.8) is 0 Å². The maximum Gasteiger partial charge on any atom is 0.253 e. The van der Waals surface area contributed by atoms with E-state index in [4.69, 9.17) is 4.52 Å². The number of nitrogens with zero attached hydrogens (tertiary/aromatic N) is 2. The number of aryl methyl sites for hydroxylation is 1. The second kappa shape index (κ2) is 7.72. The van der Waals surface area contributed by atoms with Gasteiger partial charge in [0.2, 0.25) is 5.89 Å². The van der Waals surface area contributed by atoms with Gasteiger partial charge in [0.05, 0.1) is 12.5 Å². The molecule has 0 saturated heterocycles. The number of carbonyl (C=O) groups is 1. The van der Waals surface area contributed by atoms with Gasteiger partial charge in [-0.2, -0.15) is 4.98 Å². The Morgan fingerprint density at radius 2 is 1.68 bits per heavy atom. The lowest BCUT2D eigenvalue weighted by molar-refractivity contribution is -0.130. The van der Waals surface area contributed by atoms with Crippen LogP contribution < -0.4 is 5.32 Å². The highest BCUT2D eigenvalue weighted by Crippen LogP contribution is 2.20. The summed E-state index contributed by atoms with van der Waals surface area (Å²) in [5.41, 5.74) is 1.44. The average Bonchev–Trinajstić information content (AvgIpc) is 3.06. The Bertz CT molecular complexity index is 818. The van der Waals surface area contributed by atoms with Crippen molar-refractivity contribution >= 4 is 5.91 Å². The summed E-state index contributed by atoms with van der Waals surface area (Å²) in [6.07, 6.45) is -0.894. The summed E-state index contributed by atoms with van der Waals surface area (Å²) >= 11 is 0. The average molecular weight is 337 g/mol. The molecule has 1 aromatic heterocycles. The van der Waals surface area contributed by atoms with Gasteiger partial charge in [0.25, 0.3) is 5.91 Å². The monoisotopic (exact) mass is 337 g/mol. The lowest BCUT2D eigenvalue weighted by Gasteiger charge is -2.20. The summed E-state index contributed by atoms with van der Waals surface area (Å²) < 4.78 is 5.17. The molecule has 3 aromatic rings. The molecule has 2 aromatic carbocycles. The fourth-order valence-electron chi connectivity index (χ4n) is 2.57. The molecule has 0 radical (unpaired) electrons. The zero-order chi connectivity index (χ0) is 17.6. The Labute approximate surface area is 145 Å². The zero-order valence-electron chi connectivity index (χ0n) is 13.8. The van der Waals surface area contributed by atoms with Gasteiger partial charge in [-0.05, 0) is 18.1 Å². The molecule has 1 heterocycles. The highest BCUT2D eigenvalue weighted by Gasteiger charge is 2.23. The van der Waals surface area contributed by atoms with E-state index >= 15 is 0 Å². The summed E-state index contributed by atoms with van der Waals surface area (Å²) in [4.78, 5) is 16.7. The molecule has 2 N–H and O–H groups in total. The van der Waals surface area contributed by atoms with E-state index in [1.807, 2.05) is 36.4 Å². The Balaban J connectivity index is 1.78. The smallest absolute Gasteiger partial charge is 0.253 e. The van der Waals surface area contributed by atoms with Crippen LogP contribution in [0, 0.1) is 6.92 Å². The van der Waals surface area contributed by atoms with Crippen LogP contribution in [0.15, 0.2) is 65.2 Å². The molecular weight excluding hydrogens is 318 g/mol. The van der Waals surface area contributed by atoms with Crippen LogP contribution in [-0.4, -0.2) is 21.2 Å². The van der Waals surface area contributed by atoms with Gasteiger partial charge < -0.3 is 14.9 Å². The van der Waals surface area contributed by atoms with E-state index in [9.17, 15) is 9.90 Å². The standard InChI is InChI=1S/C19H19N3O3/c1-13-20-17(25-22-13)12-16(14-8-4-2-5-9-14)21-19(24)18(23)15-10-6-3-7-11-15/h2-11,16,18,23H,12H2,1H3,(H,21,24)/t16-,18+/m1/s1. The largest absolute Gasteiger partial charge is 0.378 e. The van der Waals surface area contributed by atoms with Crippen molar-refractivity contribution in [2.75, 3.05) is 0 Å². The number of carbonyl (C=O) groups excluding carboxylic acids is 1. The summed E-state index contributed by atoms with van der Waals surface area (Å²) in [5, 5.41) is 16.9. The second-order valence-electron chi connectivity index (χ2n) is 5.72. The van der Waals surface area contributed by atoms with Crippen molar-refractivity contribution < 1.29 is 14.4 Å². The summed E-state index contributed by atoms with van der Waals surface area (Å²) in [6, 6.07) is 17.9. The first-order chi connectivity index (χ1) is 12.1. The van der Waals surface area contributed by atoms with E-state index < -0.39 is 12.0 Å². The maximum absolute atomic E-state index is 12.5. The third kappa shape index (κ3) is 4.30. The minimum atomic E-state index is -1.24. The summed E-state index contributed by atoms with van der Waals surface area (Å²) in [6.45, 7) is 1.74. The number of aliphatic hydroxyl groups excluding tert-OH is 1. The van der Waals surface area contributed by atoms with E-state index in [0.29, 0.717) is 23.7 Å². The van der Waals surface area contributed by atoms with Crippen molar-refractivity contribution in [1.29, 1.82) is 0 Å². The van der Waals surface area contributed by atoms with E-state index in [1.54, 1.807) is 31.2 Å². The molecule has 0 bridgehead atoms. The van der Waals surface area contributed by atoms with Gasteiger partial charge in [-0.15, -0.1) is 0 Å². The molecule has 6 heteroatoms. The number of aromatic nitrogens is 2. The molecule has 0 aliphatic heterocycles. The third-order valence-electron chi connectivity index (χ3n) is 3.83. The molecule has 25 heavy (non-hydrogen) atoms. The normalized spacial score (nSPS) is 13.2. The molecule has 0 fully saturated rings. The van der Waals surface area contributed by atoms with Gasteiger partial charge >= 0.3 is 0 Å². The van der Waals surface area contributed by atoms with Crippen LogP contribution in [0.1, 0.15) is 35.0 Å². The minimum Gasteiger partial charge on any atom is -0.378 e. The topological polar surface area (TPSA) is 88.2 Å². The lowest BCUT2D eigenvalue weighted by Crippen LogP contribution is -2.34. The van der Waals surface area contributed by atoms with E-state index in [1.165, 1.54) is 0 Å². The van der Waals surface area contributed by atoms with E-state index in [2.05, 4.69) is 15.5 Å². The predicted octanol–water partition coefficient (Wildman–Crippen LogP) is 2.51. The number of hydrogen-bond acceptors (Lipinski definition) is 5. The second-order valence-corrected chi connectivity index (χ2v) is 5.72. The van der Waals surface area contributed by atoms with E-state index in [-0.39, 0.29) is 6.04 Å². The van der Waals surface area contributed by atoms with Crippen LogP contribution in [0.2, 0.25) is 0 Å². The Kier molecular flexibility index (Phi) is 5.20. The molecule has 0 unspecified atom stereocenters. The fourth-order valence-corrected chi connectivity index (χ4v) is 2.57. The van der Waals surface area contributed by atoms with Gasteiger partial charge in [-0.1, -0.05) is 65.8 Å². The van der Waals surface area contributed by atoms with Crippen molar-refractivity contribution in [1.82, 2.24) is 15.5 Å². The molecule has 3 rings (SSSR count). The Morgan fingerprint density at radius 1 is 1.08 bits per heavy atom. The first-order valence-corrected chi connectivity index (χ1v) is 8.01. The zero-order valence-corrected chi connectivity index (χ0v) is 13.8. The quantitative estimate of drug-likeness (QED) is 0.721. The van der Waals surface area contributed by atoms with Crippen LogP contribution in [-0.2, 0) is 11.2 Å². The summed E-state index contributed by atoms with van der Waals surface area (Å²) in [7, 11) is 0. The van der Waals surface area contributed by atoms with Crippen LogP contribution in [0.3, 0.4) is 0 Å². The summed E-state index contributed by atoms with van der Waals surface area (Å²) in [5.74, 6) is 0.495. The number of amides is 1. The van der Waals surface area contributed by atoms with Gasteiger partial charge in [0.1, 0.15) is 0 Å². The lowest BCUT2D eigenvalue weighted by atomic mass is 10.0. The van der Waals surface area contributed by atoms with E-state index in [0.717, 1.165) is 5.56 Å². The van der Waals surface area contributed by atoms with Crippen LogP contribution in [0.4, 0.5) is 0 Å². The molecular formula is C19H19N3O3. The minimum absolute atomic E-state index is 0.345. The first kappa shape index (κ1) is 16.9. The van der Waals surface area contributed by atoms with Gasteiger partial charge in [0.15, 0.2) is 11.9 Å². The van der Waals surface area contributed by atoms with Crippen LogP contribution in [0.5, 0.6) is 0 Å². The SMILES string of the molecule is Cc1noc(C[C@@H](NC(=O)[C@@H](O)c2ccccc2)c2ccccc2)n1. The number of nitrogens with one attached hydrogen (secondary N) is 1. The Hall–Kier alpha value is -2.99. The molecule has 6 nitrogen and oxygen atoms in total. The molecule has 0 aliphatic rings. The number of benzene rings is 2. The van der Waals surface area contributed by atoms with Crippen molar-refractivity contribution in [3.05, 3.63) is 83.5 Å². The fraction of sp³-hybridized carbons (Fsp3) is 0.211. The highest BCUT2D eigenvalue weighted by atomic mass is 16.5. The van der Waals surface area contributed by atoms with Gasteiger partial charge in [-0.25, -0.2) is 0 Å². The maximum atomic E-state index is 12.5. The number of rotatable bonds is 6. The van der Waals surface area contributed by atoms with Crippen molar-refractivity contribution in [2.45, 2.75) is 25.5 Å². The molecule has 1 amide bonds. The van der Waals surface area contributed by atoms with Gasteiger partial charge in [0, 0.05) is 0 Å². The molecule has 128 valence electrons. The third-order valence-corrected chi connectivity index (χ3v) is 3.83. The molecule has 0 saturated carbocycles. The van der Waals surface area contributed by atoms with Crippen LogP contribution in [0.25, 0.3) is 0 Å². The molecule has 0 aliphatic carbocycles.